The molecule has 1 aromatic heterocycles. The van der Waals surface area contributed by atoms with Crippen LogP contribution in [0.3, 0.4) is 0 Å². The van der Waals surface area contributed by atoms with Crippen LogP contribution in [0.1, 0.15) is 18.0 Å². The number of primary amides is 1. The van der Waals surface area contributed by atoms with Crippen molar-refractivity contribution in [3.63, 3.8) is 0 Å². The molecule has 1 atom stereocenters. The van der Waals surface area contributed by atoms with Gasteiger partial charge in [0.1, 0.15) is 17.3 Å². The average Bonchev–Trinajstić information content (AvgIpc) is 2.85. The van der Waals surface area contributed by atoms with E-state index in [1.54, 1.807) is 6.20 Å². The summed E-state index contributed by atoms with van der Waals surface area (Å²) in [4.78, 5) is 33.1. The van der Waals surface area contributed by atoms with Gasteiger partial charge in [-0.25, -0.2) is 9.78 Å². The largest absolute Gasteiger partial charge is 0.457 e. The third-order valence-electron chi connectivity index (χ3n) is 5.54. The van der Waals surface area contributed by atoms with Crippen LogP contribution in [0.4, 0.5) is 10.6 Å². The summed E-state index contributed by atoms with van der Waals surface area (Å²) in [6.07, 6.45) is 1.88. The Hall–Kier alpha value is -4.07. The Bertz CT molecular complexity index is 1070. The number of rotatable bonds is 7. The summed E-state index contributed by atoms with van der Waals surface area (Å²) in [7, 11) is 0. The van der Waals surface area contributed by atoms with E-state index in [-0.39, 0.29) is 12.3 Å². The standard InChI is InChI=1S/C25H27N5O3/c26-25(32)28-22(19-7-6-10-21(17-19)33-20-8-2-1-3-9-20)18-24(31)30-15-13-29(14-16-30)23-11-4-5-12-27-23/h1-12,17,22H,13-16,18H2,(H3,26,28,32)/t22-/m0/s1. The summed E-state index contributed by atoms with van der Waals surface area (Å²) >= 11 is 0. The first kappa shape index (κ1) is 22.1. The fourth-order valence-corrected chi connectivity index (χ4v) is 3.87. The third-order valence-corrected chi connectivity index (χ3v) is 5.54. The lowest BCUT2D eigenvalue weighted by atomic mass is 10.0. The topological polar surface area (TPSA) is 101 Å². The van der Waals surface area contributed by atoms with Gasteiger partial charge in [-0.1, -0.05) is 36.4 Å². The van der Waals surface area contributed by atoms with Crippen molar-refractivity contribution >= 4 is 17.8 Å². The third kappa shape index (κ3) is 6.00. The smallest absolute Gasteiger partial charge is 0.312 e. The molecule has 0 unspecified atom stereocenters. The molecular formula is C25H27N5O3. The van der Waals surface area contributed by atoms with Crippen molar-refractivity contribution in [1.82, 2.24) is 15.2 Å². The van der Waals surface area contributed by atoms with Crippen LogP contribution in [0.5, 0.6) is 11.5 Å². The van der Waals surface area contributed by atoms with E-state index < -0.39 is 12.1 Å². The summed E-state index contributed by atoms with van der Waals surface area (Å²) in [6.45, 7) is 2.60. The quantitative estimate of drug-likeness (QED) is 0.581. The van der Waals surface area contributed by atoms with Crippen LogP contribution in [-0.4, -0.2) is 48.0 Å². The Labute approximate surface area is 193 Å². The van der Waals surface area contributed by atoms with Crippen molar-refractivity contribution in [1.29, 1.82) is 0 Å². The van der Waals surface area contributed by atoms with Crippen LogP contribution in [0.15, 0.2) is 79.0 Å². The number of hydrogen-bond donors (Lipinski definition) is 2. The highest BCUT2D eigenvalue weighted by Gasteiger charge is 2.25. The number of carbonyl (C=O) groups excluding carboxylic acids is 2. The minimum atomic E-state index is -0.679. The maximum atomic E-state index is 13.1. The lowest BCUT2D eigenvalue weighted by Gasteiger charge is -2.36. The first-order valence-corrected chi connectivity index (χ1v) is 10.9. The van der Waals surface area contributed by atoms with E-state index in [4.69, 9.17) is 10.5 Å². The van der Waals surface area contributed by atoms with Crippen LogP contribution >= 0.6 is 0 Å². The second-order valence-corrected chi connectivity index (χ2v) is 7.81. The Morgan fingerprint density at radius 1 is 0.939 bits per heavy atom. The number of anilines is 1. The fourth-order valence-electron chi connectivity index (χ4n) is 3.87. The van der Waals surface area contributed by atoms with Gasteiger partial charge in [0.2, 0.25) is 5.91 Å². The molecule has 8 heteroatoms. The molecule has 1 fully saturated rings. The highest BCUT2D eigenvalue weighted by atomic mass is 16.5. The molecule has 1 saturated heterocycles. The number of nitrogens with zero attached hydrogens (tertiary/aromatic N) is 3. The number of pyridine rings is 1. The van der Waals surface area contributed by atoms with Crippen molar-refractivity contribution < 1.29 is 14.3 Å². The summed E-state index contributed by atoms with van der Waals surface area (Å²) in [5.74, 6) is 2.19. The number of aromatic nitrogens is 1. The molecule has 2 heterocycles. The molecule has 0 spiro atoms. The normalized spacial score (nSPS) is 14.4. The molecular weight excluding hydrogens is 418 g/mol. The number of para-hydroxylation sites is 1. The lowest BCUT2D eigenvalue weighted by Crippen LogP contribution is -2.49. The lowest BCUT2D eigenvalue weighted by molar-refractivity contribution is -0.132. The minimum absolute atomic E-state index is 0.0381. The minimum Gasteiger partial charge on any atom is -0.457 e. The van der Waals surface area contributed by atoms with Gasteiger partial charge in [-0.3, -0.25) is 4.79 Å². The molecule has 0 radical (unpaired) electrons. The van der Waals surface area contributed by atoms with Crippen LogP contribution in [-0.2, 0) is 4.79 Å². The summed E-state index contributed by atoms with van der Waals surface area (Å²) in [6, 6.07) is 21.3. The van der Waals surface area contributed by atoms with Gasteiger partial charge < -0.3 is 25.6 Å². The zero-order chi connectivity index (χ0) is 23.0. The molecule has 0 bridgehead atoms. The van der Waals surface area contributed by atoms with E-state index in [2.05, 4.69) is 15.2 Å². The van der Waals surface area contributed by atoms with Gasteiger partial charge in [0, 0.05) is 32.4 Å². The molecule has 3 aromatic rings. The van der Waals surface area contributed by atoms with Crippen LogP contribution in [0.2, 0.25) is 0 Å². The van der Waals surface area contributed by atoms with Gasteiger partial charge in [0.05, 0.1) is 12.5 Å². The van der Waals surface area contributed by atoms with Crippen LogP contribution in [0.25, 0.3) is 0 Å². The molecule has 0 aliphatic carbocycles. The number of urea groups is 1. The first-order chi connectivity index (χ1) is 16.1. The molecule has 170 valence electrons. The highest BCUT2D eigenvalue weighted by Crippen LogP contribution is 2.26. The zero-order valence-corrected chi connectivity index (χ0v) is 18.3. The number of nitrogens with two attached hydrogens (primary N) is 1. The molecule has 3 N–H and O–H groups in total. The first-order valence-electron chi connectivity index (χ1n) is 10.9. The van der Waals surface area contributed by atoms with Gasteiger partial charge in [-0.05, 0) is 42.0 Å². The number of amides is 3. The molecule has 3 amide bonds. The van der Waals surface area contributed by atoms with E-state index >= 15 is 0 Å². The van der Waals surface area contributed by atoms with Crippen molar-refractivity contribution in [2.75, 3.05) is 31.1 Å². The molecule has 2 aromatic carbocycles. The van der Waals surface area contributed by atoms with E-state index in [9.17, 15) is 9.59 Å². The predicted octanol–water partition coefficient (Wildman–Crippen LogP) is 3.32. The predicted molar refractivity (Wildman–Crippen MR) is 126 cm³/mol. The van der Waals surface area contributed by atoms with Gasteiger partial charge in [-0.2, -0.15) is 0 Å². The van der Waals surface area contributed by atoms with E-state index in [0.717, 1.165) is 11.4 Å². The van der Waals surface area contributed by atoms with Crippen molar-refractivity contribution in [3.8, 4) is 11.5 Å². The van der Waals surface area contributed by atoms with Crippen LogP contribution < -0.4 is 20.7 Å². The maximum Gasteiger partial charge on any atom is 0.312 e. The zero-order valence-electron chi connectivity index (χ0n) is 18.3. The van der Waals surface area contributed by atoms with Gasteiger partial charge in [0.25, 0.3) is 0 Å². The van der Waals surface area contributed by atoms with E-state index in [1.807, 2.05) is 77.7 Å². The van der Waals surface area contributed by atoms with E-state index in [1.165, 1.54) is 0 Å². The van der Waals surface area contributed by atoms with Crippen molar-refractivity contribution in [3.05, 3.63) is 84.6 Å². The number of ether oxygens (including phenoxy) is 1. The number of hydrogen-bond acceptors (Lipinski definition) is 5. The molecule has 1 aliphatic rings. The van der Waals surface area contributed by atoms with Crippen molar-refractivity contribution in [2.24, 2.45) is 5.73 Å². The van der Waals surface area contributed by atoms with Gasteiger partial charge in [-0.15, -0.1) is 0 Å². The van der Waals surface area contributed by atoms with E-state index in [0.29, 0.717) is 37.7 Å². The molecule has 1 aliphatic heterocycles. The molecule has 8 nitrogen and oxygen atoms in total. The second-order valence-electron chi connectivity index (χ2n) is 7.81. The second kappa shape index (κ2) is 10.5. The van der Waals surface area contributed by atoms with Crippen molar-refractivity contribution in [2.45, 2.75) is 12.5 Å². The summed E-state index contributed by atoms with van der Waals surface area (Å²) in [5.41, 5.74) is 6.16. The average molecular weight is 446 g/mol. The molecule has 4 rings (SSSR count). The molecule has 33 heavy (non-hydrogen) atoms. The Kier molecular flexibility index (Phi) is 7.04. The highest BCUT2D eigenvalue weighted by molar-refractivity contribution is 5.79. The number of piperazine rings is 1. The Morgan fingerprint density at radius 3 is 2.36 bits per heavy atom. The maximum absolute atomic E-state index is 13.1. The number of carbonyl (C=O) groups is 2. The van der Waals surface area contributed by atoms with Crippen LogP contribution in [0, 0.1) is 0 Å². The Balaban J connectivity index is 1.41. The monoisotopic (exact) mass is 445 g/mol. The molecule has 0 saturated carbocycles. The summed E-state index contributed by atoms with van der Waals surface area (Å²) in [5, 5.41) is 2.71. The SMILES string of the molecule is NC(=O)N[C@@H](CC(=O)N1CCN(c2ccccn2)CC1)c1cccc(Oc2ccccc2)c1. The summed E-state index contributed by atoms with van der Waals surface area (Å²) < 4.78 is 5.90. The van der Waals surface area contributed by atoms with Gasteiger partial charge >= 0.3 is 6.03 Å². The number of nitrogens with one attached hydrogen (secondary N) is 1. The fraction of sp³-hybridized carbons (Fsp3) is 0.240. The number of benzene rings is 2. The Morgan fingerprint density at radius 2 is 1.67 bits per heavy atom. The van der Waals surface area contributed by atoms with Gasteiger partial charge in [0.15, 0.2) is 0 Å².